The van der Waals surface area contributed by atoms with Crippen LogP contribution in [0.1, 0.15) is 31.0 Å². The molecule has 9 heteroatoms. The van der Waals surface area contributed by atoms with Gasteiger partial charge in [-0.3, -0.25) is 10.1 Å². The lowest BCUT2D eigenvalue weighted by Gasteiger charge is -2.42. The van der Waals surface area contributed by atoms with Crippen molar-refractivity contribution in [2.75, 3.05) is 13.2 Å². The number of carbonyl (C=O) groups excluding carboxylic acids is 1. The molecule has 0 bridgehead atoms. The Morgan fingerprint density at radius 3 is 2.76 bits per heavy atom. The normalized spacial score (nSPS) is 18.9. The van der Waals surface area contributed by atoms with Crippen molar-refractivity contribution in [2.24, 2.45) is 0 Å². The number of ether oxygens (including phenoxy) is 3. The quantitative estimate of drug-likeness (QED) is 0.185. The first-order valence-corrected chi connectivity index (χ1v) is 10.4. The summed E-state index contributed by atoms with van der Waals surface area (Å²) < 4.78 is 17.2. The van der Waals surface area contributed by atoms with Crippen LogP contribution in [0.4, 0.5) is 5.69 Å². The lowest BCUT2D eigenvalue weighted by atomic mass is 9.86. The SMILES string of the molecule is CC1(C)Oc2ccc([N+](=O)[O-])cc2[C@@H](NC=C(COCC=C=O)OCc2ccccc2)[C@@H]1O. The molecule has 0 saturated heterocycles. The van der Waals surface area contributed by atoms with Crippen LogP contribution in [0.2, 0.25) is 0 Å². The minimum atomic E-state index is -1.02. The Kier molecular flexibility index (Phi) is 7.84. The predicted molar refractivity (Wildman–Crippen MR) is 120 cm³/mol. The molecule has 1 aliphatic heterocycles. The second kappa shape index (κ2) is 10.8. The summed E-state index contributed by atoms with van der Waals surface area (Å²) in [5, 5.41) is 25.3. The van der Waals surface area contributed by atoms with Gasteiger partial charge in [-0.15, -0.1) is 0 Å². The van der Waals surface area contributed by atoms with Crippen LogP contribution >= 0.6 is 0 Å². The van der Waals surface area contributed by atoms with E-state index in [4.69, 9.17) is 14.2 Å². The number of aliphatic hydroxyl groups excluding tert-OH is 1. The first-order chi connectivity index (χ1) is 15.8. The molecule has 0 aliphatic carbocycles. The number of aliphatic hydroxyl groups is 1. The fourth-order valence-electron chi connectivity index (χ4n) is 3.39. The summed E-state index contributed by atoms with van der Waals surface area (Å²) in [6, 6.07) is 13.1. The maximum Gasteiger partial charge on any atom is 0.270 e. The van der Waals surface area contributed by atoms with Crippen molar-refractivity contribution in [1.82, 2.24) is 5.32 Å². The number of non-ortho nitro benzene ring substituents is 1. The average Bonchev–Trinajstić information content (AvgIpc) is 2.80. The van der Waals surface area contributed by atoms with Crippen molar-refractivity contribution in [3.63, 3.8) is 0 Å². The Morgan fingerprint density at radius 1 is 1.30 bits per heavy atom. The third kappa shape index (κ3) is 6.20. The van der Waals surface area contributed by atoms with Gasteiger partial charge in [0.2, 0.25) is 0 Å². The number of benzene rings is 2. The summed E-state index contributed by atoms with van der Waals surface area (Å²) >= 11 is 0. The number of nitrogens with one attached hydrogen (secondary N) is 1. The van der Waals surface area contributed by atoms with E-state index in [-0.39, 0.29) is 25.5 Å². The Balaban J connectivity index is 1.84. The first kappa shape index (κ1) is 24.0. The molecule has 0 unspecified atom stereocenters. The standard InChI is InChI=1S/C24H26N2O7/c1-24(2)23(28)22(20-13-18(26(29)30)9-10-21(20)33-24)25-14-19(16-31-12-6-11-27)32-15-17-7-4-3-5-8-17/h3-10,13-14,22-23,25,28H,12,15-16H2,1-2H3/t22-,23+/m1/s1. The van der Waals surface area contributed by atoms with Gasteiger partial charge in [-0.05, 0) is 25.5 Å². The molecule has 1 heterocycles. The number of fused-ring (bicyclic) bond motifs is 1. The molecule has 33 heavy (non-hydrogen) atoms. The van der Waals surface area contributed by atoms with E-state index in [2.05, 4.69) is 5.32 Å². The zero-order valence-electron chi connectivity index (χ0n) is 18.4. The van der Waals surface area contributed by atoms with Crippen LogP contribution in [-0.4, -0.2) is 40.9 Å². The zero-order chi connectivity index (χ0) is 23.8. The van der Waals surface area contributed by atoms with E-state index in [1.165, 1.54) is 24.3 Å². The van der Waals surface area contributed by atoms with Crippen molar-refractivity contribution in [3.8, 4) is 5.75 Å². The van der Waals surface area contributed by atoms with E-state index in [0.717, 1.165) is 5.56 Å². The van der Waals surface area contributed by atoms with Crippen molar-refractivity contribution >= 4 is 11.6 Å². The maximum absolute atomic E-state index is 11.3. The number of nitrogens with zero attached hydrogens (tertiary/aromatic N) is 1. The molecule has 3 rings (SSSR count). The van der Waals surface area contributed by atoms with Gasteiger partial charge in [0.25, 0.3) is 5.69 Å². The van der Waals surface area contributed by atoms with Crippen molar-refractivity contribution in [1.29, 1.82) is 0 Å². The highest BCUT2D eigenvalue weighted by Crippen LogP contribution is 2.41. The Morgan fingerprint density at radius 2 is 2.06 bits per heavy atom. The van der Waals surface area contributed by atoms with Gasteiger partial charge < -0.3 is 24.6 Å². The topological polar surface area (TPSA) is 120 Å². The molecule has 0 saturated carbocycles. The molecule has 0 amide bonds. The van der Waals surface area contributed by atoms with Crippen LogP contribution < -0.4 is 10.1 Å². The van der Waals surface area contributed by atoms with Crippen molar-refractivity contribution in [3.05, 3.63) is 87.8 Å². The van der Waals surface area contributed by atoms with Gasteiger partial charge in [0.1, 0.15) is 42.4 Å². The van der Waals surface area contributed by atoms with Crippen LogP contribution in [0.5, 0.6) is 5.75 Å². The van der Waals surface area contributed by atoms with Gasteiger partial charge >= 0.3 is 0 Å². The van der Waals surface area contributed by atoms with E-state index in [1.54, 1.807) is 26.0 Å². The molecular formula is C24H26N2O7. The second-order valence-corrected chi connectivity index (χ2v) is 8.00. The molecule has 0 radical (unpaired) electrons. The van der Waals surface area contributed by atoms with Gasteiger partial charge in [0, 0.05) is 30.0 Å². The smallest absolute Gasteiger partial charge is 0.270 e. The largest absolute Gasteiger partial charge is 0.489 e. The van der Waals surface area contributed by atoms with Crippen LogP contribution in [0, 0.1) is 10.1 Å². The van der Waals surface area contributed by atoms with Gasteiger partial charge in [-0.2, -0.15) is 0 Å². The minimum Gasteiger partial charge on any atom is -0.489 e. The van der Waals surface area contributed by atoms with Crippen molar-refractivity contribution in [2.45, 2.75) is 38.2 Å². The fraction of sp³-hybridized carbons (Fsp3) is 0.333. The molecule has 174 valence electrons. The summed E-state index contributed by atoms with van der Waals surface area (Å²) in [4.78, 5) is 21.1. The van der Waals surface area contributed by atoms with E-state index >= 15 is 0 Å². The monoisotopic (exact) mass is 454 g/mol. The molecule has 2 N–H and O–H groups in total. The highest BCUT2D eigenvalue weighted by molar-refractivity contribution is 5.48. The number of rotatable bonds is 10. The number of nitro benzene ring substituents is 1. The van der Waals surface area contributed by atoms with Crippen LogP contribution in [0.15, 0.2) is 66.6 Å². The summed E-state index contributed by atoms with van der Waals surface area (Å²) in [6.45, 7) is 3.88. The third-order valence-corrected chi connectivity index (χ3v) is 5.16. The Bertz CT molecular complexity index is 1050. The summed E-state index contributed by atoms with van der Waals surface area (Å²) in [5.41, 5.74) is 0.360. The van der Waals surface area contributed by atoms with E-state index in [9.17, 15) is 20.0 Å². The number of nitro groups is 1. The maximum atomic E-state index is 11.3. The summed E-state index contributed by atoms with van der Waals surface area (Å²) in [7, 11) is 0. The van der Waals surface area contributed by atoms with Gasteiger partial charge in [0.15, 0.2) is 0 Å². The van der Waals surface area contributed by atoms with Crippen LogP contribution in [-0.2, 0) is 20.9 Å². The summed E-state index contributed by atoms with van der Waals surface area (Å²) in [6.07, 6.45) is 1.76. The van der Waals surface area contributed by atoms with E-state index in [0.29, 0.717) is 17.1 Å². The molecule has 2 atom stereocenters. The highest BCUT2D eigenvalue weighted by Gasteiger charge is 2.43. The second-order valence-electron chi connectivity index (χ2n) is 8.00. The van der Waals surface area contributed by atoms with Gasteiger partial charge in [-0.25, -0.2) is 4.79 Å². The van der Waals surface area contributed by atoms with Crippen molar-refractivity contribution < 1.29 is 29.0 Å². The van der Waals surface area contributed by atoms with E-state index in [1.807, 2.05) is 30.3 Å². The van der Waals surface area contributed by atoms with Crippen LogP contribution in [0.3, 0.4) is 0 Å². The third-order valence-electron chi connectivity index (χ3n) is 5.16. The van der Waals surface area contributed by atoms with Gasteiger partial charge in [-0.1, -0.05) is 30.3 Å². The fourth-order valence-corrected chi connectivity index (χ4v) is 3.39. The lowest BCUT2D eigenvalue weighted by molar-refractivity contribution is -0.385. The first-order valence-electron chi connectivity index (χ1n) is 10.4. The van der Waals surface area contributed by atoms with Crippen LogP contribution in [0.25, 0.3) is 0 Å². The molecule has 2 aromatic rings. The molecule has 9 nitrogen and oxygen atoms in total. The Labute approximate surface area is 191 Å². The lowest BCUT2D eigenvalue weighted by Crippen LogP contribution is -2.51. The molecule has 2 aromatic carbocycles. The molecule has 0 aromatic heterocycles. The molecule has 0 fully saturated rings. The number of hydrogen-bond donors (Lipinski definition) is 2. The minimum absolute atomic E-state index is 0.0581. The molecular weight excluding hydrogens is 428 g/mol. The average molecular weight is 454 g/mol. The zero-order valence-corrected chi connectivity index (χ0v) is 18.4. The summed E-state index contributed by atoms with van der Waals surface area (Å²) in [5.74, 6) is 2.51. The molecule has 1 aliphatic rings. The molecule has 0 spiro atoms. The predicted octanol–water partition coefficient (Wildman–Crippen LogP) is 3.22. The highest BCUT2D eigenvalue weighted by atomic mass is 16.6. The Hall–Kier alpha value is -3.65. The number of hydrogen-bond acceptors (Lipinski definition) is 8. The van der Waals surface area contributed by atoms with E-state index < -0.39 is 22.7 Å². The van der Waals surface area contributed by atoms with Gasteiger partial charge in [0.05, 0.1) is 17.6 Å².